The van der Waals surface area contributed by atoms with E-state index in [1.807, 2.05) is 0 Å². The number of aromatic nitrogens is 2. The summed E-state index contributed by atoms with van der Waals surface area (Å²) in [4.78, 5) is 2.32. The summed E-state index contributed by atoms with van der Waals surface area (Å²) < 4.78 is 0. The highest BCUT2D eigenvalue weighted by Crippen LogP contribution is 2.27. The molecule has 2 aliphatic rings. The van der Waals surface area contributed by atoms with Crippen LogP contribution in [0.25, 0.3) is 0 Å². The van der Waals surface area contributed by atoms with Crippen LogP contribution in [0.2, 0.25) is 0 Å². The lowest BCUT2D eigenvalue weighted by Gasteiger charge is -2.33. The lowest BCUT2D eigenvalue weighted by atomic mass is 9.96. The Morgan fingerprint density at radius 1 is 1.13 bits per heavy atom. The van der Waals surface area contributed by atoms with Gasteiger partial charge in [0.15, 0.2) is 5.82 Å². The summed E-state index contributed by atoms with van der Waals surface area (Å²) in [5.41, 5.74) is 4.95. The molecule has 1 N–H and O–H groups in total. The van der Waals surface area contributed by atoms with Crippen LogP contribution < -0.4 is 4.90 Å². The van der Waals surface area contributed by atoms with E-state index in [-0.39, 0.29) is 0 Å². The lowest BCUT2D eigenvalue weighted by Crippen LogP contribution is -2.36. The fourth-order valence-electron chi connectivity index (χ4n) is 3.43. The molecule has 0 amide bonds. The third-order valence-electron chi connectivity index (χ3n) is 5.21. The number of hydrogen-bond donors (Lipinski definition) is 1. The van der Waals surface area contributed by atoms with E-state index in [0.29, 0.717) is 12.5 Å². The Kier molecular flexibility index (Phi) is 5.11. The van der Waals surface area contributed by atoms with E-state index in [4.69, 9.17) is 0 Å². The van der Waals surface area contributed by atoms with E-state index in [1.165, 1.54) is 16.7 Å². The number of piperidine rings is 1. The first-order chi connectivity index (χ1) is 11.2. The molecule has 1 aromatic rings. The molecule has 0 atom stereocenters. The standard InChI is InChI=1S/C19H27N3O/c1-14-15(2)19(22-10-8-17(13-23)9-11-22)21-20-18(14)12-16-6-4-3-5-7-16/h4,6-7,17,23H,3,5,8-13H2,1-2H3. The molecule has 0 radical (unpaired) electrons. The molecule has 1 fully saturated rings. The number of aliphatic hydroxyl groups is 1. The van der Waals surface area contributed by atoms with Crippen molar-refractivity contribution in [1.29, 1.82) is 0 Å². The number of rotatable bonds is 4. The molecule has 1 saturated heterocycles. The first-order valence-corrected chi connectivity index (χ1v) is 8.73. The summed E-state index contributed by atoms with van der Waals surface area (Å²) in [6, 6.07) is 0. The topological polar surface area (TPSA) is 49.2 Å². The number of hydrogen-bond acceptors (Lipinski definition) is 4. The molecule has 0 aromatic carbocycles. The maximum absolute atomic E-state index is 9.28. The van der Waals surface area contributed by atoms with Gasteiger partial charge in [0.2, 0.25) is 0 Å². The van der Waals surface area contributed by atoms with Crippen LogP contribution in [0.15, 0.2) is 23.8 Å². The Morgan fingerprint density at radius 2 is 1.91 bits per heavy atom. The average Bonchev–Trinajstić information content (AvgIpc) is 2.60. The summed E-state index contributed by atoms with van der Waals surface area (Å²) in [6.07, 6.45) is 12.0. The average molecular weight is 313 g/mol. The third-order valence-corrected chi connectivity index (χ3v) is 5.21. The summed E-state index contributed by atoms with van der Waals surface area (Å²) in [7, 11) is 0. The first kappa shape index (κ1) is 16.2. The molecule has 4 heteroatoms. The van der Waals surface area contributed by atoms with E-state index in [9.17, 15) is 5.11 Å². The Balaban J connectivity index is 1.75. The van der Waals surface area contributed by atoms with Crippen molar-refractivity contribution in [1.82, 2.24) is 10.2 Å². The van der Waals surface area contributed by atoms with Gasteiger partial charge in [-0.05, 0) is 62.1 Å². The van der Waals surface area contributed by atoms with Crippen LogP contribution in [0.1, 0.15) is 42.5 Å². The van der Waals surface area contributed by atoms with Gasteiger partial charge in [0.1, 0.15) is 0 Å². The second-order valence-electron chi connectivity index (χ2n) is 6.77. The van der Waals surface area contributed by atoms with E-state index in [1.54, 1.807) is 0 Å². The molecule has 1 aromatic heterocycles. The third kappa shape index (κ3) is 3.63. The molecule has 1 aliphatic heterocycles. The second kappa shape index (κ2) is 7.26. The normalized spacial score (nSPS) is 19.1. The Morgan fingerprint density at radius 3 is 2.57 bits per heavy atom. The first-order valence-electron chi connectivity index (χ1n) is 8.73. The maximum Gasteiger partial charge on any atom is 0.154 e. The van der Waals surface area contributed by atoms with Crippen LogP contribution in [0, 0.1) is 19.8 Å². The highest BCUT2D eigenvalue weighted by atomic mass is 16.3. The number of allylic oxidation sites excluding steroid dienone is 4. The van der Waals surface area contributed by atoms with Crippen molar-refractivity contribution < 1.29 is 5.11 Å². The van der Waals surface area contributed by atoms with Gasteiger partial charge in [0.05, 0.1) is 5.69 Å². The molecule has 0 spiro atoms. The zero-order valence-corrected chi connectivity index (χ0v) is 14.3. The van der Waals surface area contributed by atoms with E-state index >= 15 is 0 Å². The summed E-state index contributed by atoms with van der Waals surface area (Å²) in [5, 5.41) is 18.4. The van der Waals surface area contributed by atoms with Crippen LogP contribution in [-0.4, -0.2) is 35.0 Å². The van der Waals surface area contributed by atoms with Gasteiger partial charge in [-0.15, -0.1) is 5.10 Å². The lowest BCUT2D eigenvalue weighted by molar-refractivity contribution is 0.202. The summed E-state index contributed by atoms with van der Waals surface area (Å²) in [5.74, 6) is 1.47. The van der Waals surface area contributed by atoms with Gasteiger partial charge in [0.25, 0.3) is 0 Å². The zero-order chi connectivity index (χ0) is 16.2. The van der Waals surface area contributed by atoms with Crippen LogP contribution in [0.5, 0.6) is 0 Å². The smallest absolute Gasteiger partial charge is 0.154 e. The molecule has 1 aliphatic carbocycles. The van der Waals surface area contributed by atoms with Gasteiger partial charge < -0.3 is 10.0 Å². The molecule has 23 heavy (non-hydrogen) atoms. The molecule has 0 unspecified atom stereocenters. The van der Waals surface area contributed by atoms with Crippen molar-refractivity contribution in [3.05, 3.63) is 40.6 Å². The van der Waals surface area contributed by atoms with Gasteiger partial charge in [-0.3, -0.25) is 0 Å². The second-order valence-corrected chi connectivity index (χ2v) is 6.77. The Bertz CT molecular complexity index is 613. The zero-order valence-electron chi connectivity index (χ0n) is 14.3. The van der Waals surface area contributed by atoms with Crippen molar-refractivity contribution in [2.24, 2.45) is 5.92 Å². The molecule has 3 rings (SSSR count). The largest absolute Gasteiger partial charge is 0.396 e. The maximum atomic E-state index is 9.28. The number of nitrogens with zero attached hydrogens (tertiary/aromatic N) is 3. The van der Waals surface area contributed by atoms with Crippen LogP contribution >= 0.6 is 0 Å². The van der Waals surface area contributed by atoms with Gasteiger partial charge >= 0.3 is 0 Å². The monoisotopic (exact) mass is 313 g/mol. The minimum atomic E-state index is 0.305. The number of aliphatic hydroxyl groups excluding tert-OH is 1. The summed E-state index contributed by atoms with van der Waals surface area (Å²) in [6.45, 7) is 6.56. The van der Waals surface area contributed by atoms with Crippen LogP contribution in [-0.2, 0) is 6.42 Å². The fraction of sp³-hybridized carbons (Fsp3) is 0.579. The fourth-order valence-corrected chi connectivity index (χ4v) is 3.43. The molecule has 4 nitrogen and oxygen atoms in total. The van der Waals surface area contributed by atoms with Gasteiger partial charge in [-0.1, -0.05) is 18.2 Å². The predicted molar refractivity (Wildman–Crippen MR) is 93.7 cm³/mol. The van der Waals surface area contributed by atoms with Crippen molar-refractivity contribution in [3.8, 4) is 0 Å². The quantitative estimate of drug-likeness (QED) is 0.928. The highest BCUT2D eigenvalue weighted by Gasteiger charge is 2.22. The minimum Gasteiger partial charge on any atom is -0.396 e. The van der Waals surface area contributed by atoms with Crippen LogP contribution in [0.3, 0.4) is 0 Å². The Hall–Kier alpha value is -1.68. The van der Waals surface area contributed by atoms with Gasteiger partial charge in [-0.2, -0.15) is 5.10 Å². The summed E-state index contributed by atoms with van der Waals surface area (Å²) >= 11 is 0. The van der Waals surface area contributed by atoms with E-state index < -0.39 is 0 Å². The molecule has 2 heterocycles. The molecule has 0 bridgehead atoms. The highest BCUT2D eigenvalue weighted by molar-refractivity contribution is 5.51. The van der Waals surface area contributed by atoms with Gasteiger partial charge in [0, 0.05) is 26.1 Å². The minimum absolute atomic E-state index is 0.305. The van der Waals surface area contributed by atoms with Crippen molar-refractivity contribution >= 4 is 5.82 Å². The van der Waals surface area contributed by atoms with Crippen molar-refractivity contribution in [2.75, 3.05) is 24.6 Å². The van der Waals surface area contributed by atoms with E-state index in [2.05, 4.69) is 47.2 Å². The molecular weight excluding hydrogens is 286 g/mol. The SMILES string of the molecule is Cc1c(CC2=CCCC=C2)nnc(N2CCC(CO)CC2)c1C. The van der Waals surface area contributed by atoms with Crippen molar-refractivity contribution in [2.45, 2.75) is 46.0 Å². The molecular formula is C19H27N3O. The predicted octanol–water partition coefficient (Wildman–Crippen LogP) is 3.12. The Labute approximate surface area is 138 Å². The number of anilines is 1. The van der Waals surface area contributed by atoms with Crippen LogP contribution in [0.4, 0.5) is 5.82 Å². The van der Waals surface area contributed by atoms with E-state index in [0.717, 1.165) is 56.7 Å². The molecule has 0 saturated carbocycles. The van der Waals surface area contributed by atoms with Gasteiger partial charge in [-0.25, -0.2) is 0 Å². The van der Waals surface area contributed by atoms with Crippen molar-refractivity contribution in [3.63, 3.8) is 0 Å². The molecule has 124 valence electrons.